The van der Waals surface area contributed by atoms with E-state index in [1.807, 2.05) is 0 Å². The van der Waals surface area contributed by atoms with E-state index >= 15 is 0 Å². The molecule has 0 aromatic carbocycles. The largest absolute Gasteiger partial charge is 0.384 e. The number of amides is 1. The van der Waals surface area contributed by atoms with E-state index in [-0.39, 0.29) is 23.0 Å². The van der Waals surface area contributed by atoms with Gasteiger partial charge in [-0.1, -0.05) is 0 Å². The lowest BCUT2D eigenvalue weighted by molar-refractivity contribution is -0.385. The Kier molecular flexibility index (Phi) is 4.37. The number of piperazine rings is 1. The van der Waals surface area contributed by atoms with Gasteiger partial charge in [-0.2, -0.15) is 0 Å². The summed E-state index contributed by atoms with van der Waals surface area (Å²) >= 11 is 0. The van der Waals surface area contributed by atoms with Crippen LogP contribution in [0.4, 0.5) is 11.5 Å². The molecule has 1 amide bonds. The SMILES string of the molecule is CC(C)N1CCN(C(=O)c2cc(N)ncc2[N+](=O)[O-])CC1. The van der Waals surface area contributed by atoms with Crippen LogP contribution >= 0.6 is 0 Å². The molecule has 21 heavy (non-hydrogen) atoms. The number of aromatic nitrogens is 1. The highest BCUT2D eigenvalue weighted by atomic mass is 16.6. The van der Waals surface area contributed by atoms with Gasteiger partial charge in [0.25, 0.3) is 11.6 Å². The number of hydrogen-bond donors (Lipinski definition) is 1. The zero-order chi connectivity index (χ0) is 15.6. The number of nitrogens with zero attached hydrogens (tertiary/aromatic N) is 4. The Bertz CT molecular complexity index is 553. The molecule has 1 aliphatic heterocycles. The molecule has 2 N–H and O–H groups in total. The Labute approximate surface area is 122 Å². The van der Waals surface area contributed by atoms with E-state index in [2.05, 4.69) is 23.7 Å². The first-order valence-corrected chi connectivity index (χ1v) is 6.83. The molecule has 0 atom stereocenters. The van der Waals surface area contributed by atoms with E-state index in [1.165, 1.54) is 6.07 Å². The van der Waals surface area contributed by atoms with Gasteiger partial charge in [-0.25, -0.2) is 4.98 Å². The summed E-state index contributed by atoms with van der Waals surface area (Å²) < 4.78 is 0. The standard InChI is InChI=1S/C13H19N5O3/c1-9(2)16-3-5-17(6-4-16)13(19)10-7-12(14)15-8-11(10)18(20)21/h7-9H,3-6H2,1-2H3,(H2,14,15). The first-order valence-electron chi connectivity index (χ1n) is 6.83. The molecule has 114 valence electrons. The molecule has 1 fully saturated rings. The van der Waals surface area contributed by atoms with E-state index in [9.17, 15) is 14.9 Å². The third-order valence-corrected chi connectivity index (χ3v) is 3.66. The van der Waals surface area contributed by atoms with E-state index in [1.54, 1.807) is 4.90 Å². The molecule has 0 saturated carbocycles. The average Bonchev–Trinajstić information content (AvgIpc) is 2.46. The second-order valence-corrected chi connectivity index (χ2v) is 5.31. The van der Waals surface area contributed by atoms with Gasteiger partial charge in [-0.05, 0) is 19.9 Å². The topological polar surface area (TPSA) is 106 Å². The smallest absolute Gasteiger partial charge is 0.300 e. The highest BCUT2D eigenvalue weighted by Gasteiger charge is 2.28. The minimum Gasteiger partial charge on any atom is -0.384 e. The number of hydrogen-bond acceptors (Lipinski definition) is 6. The normalized spacial score (nSPS) is 16.2. The Balaban J connectivity index is 2.18. The minimum absolute atomic E-state index is 0.00509. The molecule has 2 rings (SSSR count). The van der Waals surface area contributed by atoms with Crippen LogP contribution in [-0.2, 0) is 0 Å². The van der Waals surface area contributed by atoms with Crippen LogP contribution in [-0.4, -0.2) is 57.8 Å². The molecule has 1 saturated heterocycles. The van der Waals surface area contributed by atoms with Crippen molar-refractivity contribution >= 4 is 17.4 Å². The molecule has 0 radical (unpaired) electrons. The number of carbonyl (C=O) groups is 1. The van der Waals surface area contributed by atoms with Gasteiger partial charge in [0, 0.05) is 32.2 Å². The number of carbonyl (C=O) groups excluding carboxylic acids is 1. The quantitative estimate of drug-likeness (QED) is 0.650. The Morgan fingerprint density at radius 2 is 2.00 bits per heavy atom. The van der Waals surface area contributed by atoms with Crippen molar-refractivity contribution < 1.29 is 9.72 Å². The summed E-state index contributed by atoms with van der Waals surface area (Å²) in [5, 5.41) is 11.0. The number of nitrogens with two attached hydrogens (primary N) is 1. The number of pyridine rings is 1. The lowest BCUT2D eigenvalue weighted by atomic mass is 10.1. The van der Waals surface area contributed by atoms with Crippen molar-refractivity contribution in [3.05, 3.63) is 27.9 Å². The van der Waals surface area contributed by atoms with Crippen LogP contribution in [0.25, 0.3) is 0 Å². The first-order chi connectivity index (χ1) is 9.90. The molecule has 8 heteroatoms. The monoisotopic (exact) mass is 293 g/mol. The van der Waals surface area contributed by atoms with E-state index in [4.69, 9.17) is 5.73 Å². The van der Waals surface area contributed by atoms with Crippen molar-refractivity contribution in [2.24, 2.45) is 0 Å². The van der Waals surface area contributed by atoms with Crippen LogP contribution < -0.4 is 5.73 Å². The van der Waals surface area contributed by atoms with Crippen molar-refractivity contribution in [1.82, 2.24) is 14.8 Å². The molecule has 0 aliphatic carbocycles. The first kappa shape index (κ1) is 15.2. The summed E-state index contributed by atoms with van der Waals surface area (Å²) in [6.45, 7) is 6.83. The van der Waals surface area contributed by atoms with Gasteiger partial charge in [-0.3, -0.25) is 19.8 Å². The summed E-state index contributed by atoms with van der Waals surface area (Å²) in [5.41, 5.74) is 5.24. The fourth-order valence-corrected chi connectivity index (χ4v) is 2.39. The van der Waals surface area contributed by atoms with Gasteiger partial charge >= 0.3 is 0 Å². The van der Waals surface area contributed by atoms with Crippen LogP contribution in [0.1, 0.15) is 24.2 Å². The summed E-state index contributed by atoms with van der Waals surface area (Å²) in [5.74, 6) is -0.260. The van der Waals surface area contributed by atoms with Gasteiger partial charge < -0.3 is 10.6 Å². The maximum Gasteiger partial charge on any atom is 0.300 e. The number of nitrogen functional groups attached to an aromatic ring is 1. The van der Waals surface area contributed by atoms with E-state index < -0.39 is 4.92 Å². The molecule has 0 spiro atoms. The lowest BCUT2D eigenvalue weighted by Gasteiger charge is -2.36. The van der Waals surface area contributed by atoms with Gasteiger partial charge in [0.15, 0.2) is 0 Å². The summed E-state index contributed by atoms with van der Waals surface area (Å²) in [6, 6.07) is 1.70. The molecular weight excluding hydrogens is 274 g/mol. The predicted octanol–water partition coefficient (Wildman–Crippen LogP) is 0.738. The zero-order valence-electron chi connectivity index (χ0n) is 12.2. The molecular formula is C13H19N5O3. The molecule has 0 unspecified atom stereocenters. The van der Waals surface area contributed by atoms with E-state index in [0.29, 0.717) is 19.1 Å². The fourth-order valence-electron chi connectivity index (χ4n) is 2.39. The third kappa shape index (κ3) is 3.27. The molecule has 1 aromatic rings. The van der Waals surface area contributed by atoms with Crippen molar-refractivity contribution in [3.8, 4) is 0 Å². The maximum atomic E-state index is 12.5. The Morgan fingerprint density at radius 1 is 1.38 bits per heavy atom. The highest BCUT2D eigenvalue weighted by molar-refractivity contribution is 5.98. The molecule has 2 heterocycles. The third-order valence-electron chi connectivity index (χ3n) is 3.66. The Hall–Kier alpha value is -2.22. The highest BCUT2D eigenvalue weighted by Crippen LogP contribution is 2.21. The van der Waals surface area contributed by atoms with Crippen molar-refractivity contribution in [1.29, 1.82) is 0 Å². The summed E-state index contributed by atoms with van der Waals surface area (Å²) in [4.78, 5) is 30.4. The van der Waals surface area contributed by atoms with Gasteiger partial charge in [0.05, 0.1) is 4.92 Å². The van der Waals surface area contributed by atoms with Gasteiger partial charge in [0.2, 0.25) is 0 Å². The molecule has 0 bridgehead atoms. The predicted molar refractivity (Wildman–Crippen MR) is 77.9 cm³/mol. The van der Waals surface area contributed by atoms with Crippen LogP contribution in [0.3, 0.4) is 0 Å². The van der Waals surface area contributed by atoms with Crippen molar-refractivity contribution in [2.45, 2.75) is 19.9 Å². The number of nitro groups is 1. The number of anilines is 1. The molecule has 1 aliphatic rings. The van der Waals surface area contributed by atoms with Gasteiger partial charge in [0.1, 0.15) is 17.6 Å². The van der Waals surface area contributed by atoms with Crippen molar-refractivity contribution in [2.75, 3.05) is 31.9 Å². The number of rotatable bonds is 3. The summed E-state index contributed by atoms with van der Waals surface area (Å²) in [7, 11) is 0. The van der Waals surface area contributed by atoms with Crippen molar-refractivity contribution in [3.63, 3.8) is 0 Å². The molecule has 8 nitrogen and oxygen atoms in total. The summed E-state index contributed by atoms with van der Waals surface area (Å²) in [6.07, 6.45) is 1.03. The fraction of sp³-hybridized carbons (Fsp3) is 0.538. The van der Waals surface area contributed by atoms with Crippen LogP contribution in [0.5, 0.6) is 0 Å². The second-order valence-electron chi connectivity index (χ2n) is 5.31. The molecule has 1 aromatic heterocycles. The van der Waals surface area contributed by atoms with Crippen LogP contribution in [0.2, 0.25) is 0 Å². The average molecular weight is 293 g/mol. The second kappa shape index (κ2) is 6.04. The Morgan fingerprint density at radius 3 is 2.52 bits per heavy atom. The van der Waals surface area contributed by atoms with Gasteiger partial charge in [-0.15, -0.1) is 0 Å². The van der Waals surface area contributed by atoms with E-state index in [0.717, 1.165) is 19.3 Å². The maximum absolute atomic E-state index is 12.5. The van der Waals surface area contributed by atoms with Crippen LogP contribution in [0, 0.1) is 10.1 Å². The zero-order valence-corrected chi connectivity index (χ0v) is 12.2. The lowest BCUT2D eigenvalue weighted by Crippen LogP contribution is -2.50. The minimum atomic E-state index is -0.607. The van der Waals surface area contributed by atoms with Crippen LogP contribution in [0.15, 0.2) is 12.3 Å².